The van der Waals surface area contributed by atoms with Gasteiger partial charge in [0.15, 0.2) is 6.72 Å². The molecule has 2 atom stereocenters. The van der Waals surface area contributed by atoms with Gasteiger partial charge in [-0.3, -0.25) is 10.0 Å². The van der Waals surface area contributed by atoms with Crippen LogP contribution in [0.15, 0.2) is 54.6 Å². The third kappa shape index (κ3) is 7.74. The summed E-state index contributed by atoms with van der Waals surface area (Å²) in [4.78, 5) is 12.4. The Bertz CT molecular complexity index is 900. The van der Waals surface area contributed by atoms with Gasteiger partial charge in [-0.05, 0) is 37.1 Å². The molecule has 0 saturated heterocycles. The first kappa shape index (κ1) is 24.4. The minimum atomic E-state index is -4.02. The van der Waals surface area contributed by atoms with E-state index in [-0.39, 0.29) is 11.7 Å². The molecule has 168 valence electrons. The van der Waals surface area contributed by atoms with Gasteiger partial charge < -0.3 is 13.8 Å². The van der Waals surface area contributed by atoms with Crippen LogP contribution in [0.4, 0.5) is 5.69 Å². The number of rotatable bonds is 12. The molecule has 0 aromatic heterocycles. The van der Waals surface area contributed by atoms with Gasteiger partial charge in [0.1, 0.15) is 17.5 Å². The van der Waals surface area contributed by atoms with Gasteiger partial charge >= 0.3 is 13.7 Å². The maximum atomic E-state index is 13.5. The molecule has 0 aliphatic carbocycles. The Morgan fingerprint density at radius 1 is 1.06 bits per heavy atom. The second-order valence-electron chi connectivity index (χ2n) is 7.05. The number of carbonyl (C=O) groups is 1. The summed E-state index contributed by atoms with van der Waals surface area (Å²) in [5.41, 5.74) is 0.414. The van der Waals surface area contributed by atoms with Crippen LogP contribution >= 0.6 is 7.75 Å². The van der Waals surface area contributed by atoms with Gasteiger partial charge in [0.2, 0.25) is 0 Å². The quantitative estimate of drug-likeness (QED) is 0.118. The number of nitrogens with one attached hydrogen (secondary N) is 1. The van der Waals surface area contributed by atoms with Crippen molar-refractivity contribution >= 4 is 26.1 Å². The fraction of sp³-hybridized carbons (Fsp3) is 0.364. The molecule has 2 aromatic rings. The first-order valence-corrected chi connectivity index (χ1v) is 11.7. The van der Waals surface area contributed by atoms with Crippen LogP contribution in [0.25, 0.3) is 0 Å². The normalized spacial score (nSPS) is 13.8. The molecule has 0 heterocycles. The number of nitrogens with zero attached hydrogens (tertiary/aromatic N) is 1. The van der Waals surface area contributed by atoms with Crippen molar-refractivity contribution in [3.63, 3.8) is 0 Å². The second-order valence-corrected chi connectivity index (χ2v) is 8.67. The van der Waals surface area contributed by atoms with Crippen molar-refractivity contribution in [2.75, 3.05) is 6.61 Å². The Morgan fingerprint density at radius 2 is 1.61 bits per heavy atom. The average molecular weight is 449 g/mol. The molecule has 9 heteroatoms. The lowest BCUT2D eigenvalue weighted by atomic mass is 10.1. The predicted molar refractivity (Wildman–Crippen MR) is 118 cm³/mol. The molecule has 2 rings (SSSR count). The summed E-state index contributed by atoms with van der Waals surface area (Å²) in [5, 5.41) is 12.0. The zero-order valence-electron chi connectivity index (χ0n) is 18.1. The highest BCUT2D eigenvalue weighted by Crippen LogP contribution is 2.45. The van der Waals surface area contributed by atoms with Crippen molar-refractivity contribution in [2.45, 2.75) is 39.7 Å². The zero-order valence-corrected chi connectivity index (χ0v) is 19.0. The third-order valence-electron chi connectivity index (χ3n) is 4.65. The second kappa shape index (κ2) is 11.5. The summed E-state index contributed by atoms with van der Waals surface area (Å²) in [7, 11) is -4.02. The van der Waals surface area contributed by atoms with E-state index in [1.165, 1.54) is 31.2 Å². The number of hydrogen-bond donors (Lipinski definition) is 2. The molecule has 31 heavy (non-hydrogen) atoms. The predicted octanol–water partition coefficient (Wildman–Crippen LogP) is 4.94. The summed E-state index contributed by atoms with van der Waals surface area (Å²) < 4.78 is 30.8. The number of benzene rings is 2. The van der Waals surface area contributed by atoms with Gasteiger partial charge in [0.25, 0.3) is 5.69 Å². The van der Waals surface area contributed by atoms with Crippen molar-refractivity contribution in [3.05, 3.63) is 54.6 Å². The average Bonchev–Trinajstić information content (AvgIpc) is 2.75. The van der Waals surface area contributed by atoms with Crippen LogP contribution in [0, 0.1) is 5.92 Å². The molecule has 2 N–H and O–H groups in total. The topological polar surface area (TPSA) is 97.1 Å². The van der Waals surface area contributed by atoms with E-state index >= 15 is 0 Å². The monoisotopic (exact) mass is 449 g/mol. The van der Waals surface area contributed by atoms with Crippen molar-refractivity contribution in [1.29, 1.82) is 0 Å². The van der Waals surface area contributed by atoms with Gasteiger partial charge in [0, 0.05) is 16.9 Å². The Kier molecular flexibility index (Phi) is 9.09. The summed E-state index contributed by atoms with van der Waals surface area (Å²) in [6.45, 7) is 9.28. The van der Waals surface area contributed by atoms with Crippen LogP contribution in [0.1, 0.15) is 33.6 Å². The maximum absolute atomic E-state index is 13.5. The lowest BCUT2D eigenvalue weighted by molar-refractivity contribution is -0.706. The van der Waals surface area contributed by atoms with E-state index in [1.807, 2.05) is 13.8 Å². The molecular formula is C22H30N2O6P+. The number of esters is 1. The fourth-order valence-corrected chi connectivity index (χ4v) is 4.17. The van der Waals surface area contributed by atoms with E-state index in [1.54, 1.807) is 30.3 Å². The van der Waals surface area contributed by atoms with E-state index in [9.17, 15) is 14.6 Å². The summed E-state index contributed by atoms with van der Waals surface area (Å²) in [6.07, 6.45) is 1.80. The van der Waals surface area contributed by atoms with E-state index in [2.05, 4.69) is 11.8 Å². The van der Waals surface area contributed by atoms with Crippen molar-refractivity contribution < 1.29 is 33.1 Å². The molecule has 0 radical (unpaired) electrons. The lowest BCUT2D eigenvalue weighted by Gasteiger charge is -2.23. The molecule has 0 saturated carbocycles. The lowest BCUT2D eigenvalue weighted by Crippen LogP contribution is -2.36. The Balaban J connectivity index is 2.16. The number of hydrogen-bond acceptors (Lipinski definition) is 6. The SMILES string of the molecule is C=[N+](O)c1ccc(O[P@@](=O)(N[C@@H](C)C(=O)OCC(CC)CC)Oc2ccccc2)cc1. The number of ether oxygens (including phenoxy) is 1. The number of carbonyl (C=O) groups excluding carboxylic acids is 1. The summed E-state index contributed by atoms with van der Waals surface area (Å²) in [5.74, 6) is 0.259. The highest BCUT2D eigenvalue weighted by atomic mass is 31.2. The highest BCUT2D eigenvalue weighted by molar-refractivity contribution is 7.52. The third-order valence-corrected chi connectivity index (χ3v) is 6.26. The number of para-hydroxylation sites is 1. The van der Waals surface area contributed by atoms with Crippen LogP contribution in [0.5, 0.6) is 11.5 Å². The molecular weight excluding hydrogens is 419 g/mol. The minimum absolute atomic E-state index is 0.218. The molecule has 0 amide bonds. The standard InChI is InChI=1S/C22H30N2O6P/c1-5-18(6-2)16-28-22(25)17(3)23-31(27,29-20-10-8-7-9-11-20)30-21-14-12-19(13-15-21)24(4)26/h7-15,17-18,26H,4-6,16H2,1-3H3,(H,23,27)/q+1/t17-,31+/m0/s1. The van der Waals surface area contributed by atoms with Crippen LogP contribution in [-0.2, 0) is 14.1 Å². The first-order chi connectivity index (χ1) is 14.8. The zero-order chi connectivity index (χ0) is 22.9. The molecule has 0 spiro atoms. The molecule has 0 fully saturated rings. The fourth-order valence-electron chi connectivity index (χ4n) is 2.65. The van der Waals surface area contributed by atoms with E-state index in [4.69, 9.17) is 13.8 Å². The summed E-state index contributed by atoms with van der Waals surface area (Å²) in [6, 6.07) is 13.6. The van der Waals surface area contributed by atoms with Gasteiger partial charge in [-0.2, -0.15) is 5.09 Å². The van der Waals surface area contributed by atoms with Gasteiger partial charge in [0.05, 0.1) is 6.61 Å². The highest BCUT2D eigenvalue weighted by Gasteiger charge is 2.34. The maximum Gasteiger partial charge on any atom is 0.513 e. The van der Waals surface area contributed by atoms with Gasteiger partial charge in [-0.15, -0.1) is 0 Å². The Labute approximate surface area is 183 Å². The van der Waals surface area contributed by atoms with Crippen molar-refractivity contribution in [3.8, 4) is 11.5 Å². The van der Waals surface area contributed by atoms with Crippen LogP contribution in [0.2, 0.25) is 0 Å². The molecule has 0 aliphatic heterocycles. The van der Waals surface area contributed by atoms with Crippen molar-refractivity contribution in [2.24, 2.45) is 5.92 Å². The Hall–Kier alpha value is -2.83. The summed E-state index contributed by atoms with van der Waals surface area (Å²) >= 11 is 0. The Morgan fingerprint density at radius 3 is 2.13 bits per heavy atom. The van der Waals surface area contributed by atoms with Crippen molar-refractivity contribution in [1.82, 2.24) is 5.09 Å². The van der Waals surface area contributed by atoms with E-state index in [0.717, 1.165) is 12.8 Å². The van der Waals surface area contributed by atoms with Gasteiger partial charge in [-0.1, -0.05) is 44.9 Å². The van der Waals surface area contributed by atoms with Crippen LogP contribution < -0.4 is 14.1 Å². The van der Waals surface area contributed by atoms with Gasteiger partial charge in [-0.25, -0.2) is 4.57 Å². The first-order valence-electron chi connectivity index (χ1n) is 10.1. The van der Waals surface area contributed by atoms with Crippen LogP contribution in [0.3, 0.4) is 0 Å². The largest absolute Gasteiger partial charge is 0.513 e. The molecule has 2 aromatic carbocycles. The van der Waals surface area contributed by atoms with E-state index in [0.29, 0.717) is 22.8 Å². The minimum Gasteiger partial charge on any atom is -0.464 e. The molecule has 0 bridgehead atoms. The molecule has 0 unspecified atom stereocenters. The smallest absolute Gasteiger partial charge is 0.464 e. The molecule has 8 nitrogen and oxygen atoms in total. The van der Waals surface area contributed by atoms with E-state index < -0.39 is 19.8 Å². The van der Waals surface area contributed by atoms with Crippen LogP contribution in [-0.4, -0.2) is 35.3 Å². The molecule has 0 aliphatic rings.